The van der Waals surface area contributed by atoms with Gasteiger partial charge in [0.2, 0.25) is 0 Å². The number of benzene rings is 2. The molecule has 0 amide bonds. The Balaban J connectivity index is 2.32. The first-order valence-corrected chi connectivity index (χ1v) is 9.58. The van der Waals surface area contributed by atoms with Gasteiger partial charge in [0.25, 0.3) is 0 Å². The van der Waals surface area contributed by atoms with Gasteiger partial charge in [-0.1, -0.05) is 91.0 Å². The third-order valence-electron chi connectivity index (χ3n) is 3.99. The largest absolute Gasteiger partial charge is 0.381 e. The Bertz CT molecular complexity index is 926. The van der Waals surface area contributed by atoms with Crippen LogP contribution in [-0.2, 0) is 0 Å². The van der Waals surface area contributed by atoms with Crippen molar-refractivity contribution in [1.82, 2.24) is 5.32 Å². The average molecular weight is 391 g/mol. The first kappa shape index (κ1) is 21.5. The van der Waals surface area contributed by atoms with Crippen LogP contribution < -0.4 is 5.32 Å². The van der Waals surface area contributed by atoms with E-state index in [9.17, 15) is 0 Å². The second-order valence-corrected chi connectivity index (χ2v) is 7.32. The molecule has 0 fully saturated rings. The van der Waals surface area contributed by atoms with Gasteiger partial charge in [0.15, 0.2) is 0 Å². The predicted molar refractivity (Wildman–Crippen MR) is 125 cm³/mol. The van der Waals surface area contributed by atoms with Gasteiger partial charge < -0.3 is 5.32 Å². The van der Waals surface area contributed by atoms with Crippen molar-refractivity contribution in [3.05, 3.63) is 96.6 Å². The molecule has 0 aliphatic rings. The smallest absolute Gasteiger partial charge is 0.103 e. The highest BCUT2D eigenvalue weighted by atomic mass is 35.5. The molecule has 0 unspecified atom stereocenters. The van der Waals surface area contributed by atoms with Gasteiger partial charge in [0.05, 0.1) is 5.69 Å². The first-order chi connectivity index (χ1) is 13.4. The quantitative estimate of drug-likeness (QED) is 0.371. The predicted octanol–water partition coefficient (Wildman–Crippen LogP) is 7.28. The highest BCUT2D eigenvalue weighted by Gasteiger charge is 2.13. The molecule has 0 aliphatic carbocycles. The highest BCUT2D eigenvalue weighted by molar-refractivity contribution is 6.65. The number of nitrogens with zero attached hydrogens (tertiary/aromatic N) is 1. The minimum absolute atomic E-state index is 0.480. The van der Waals surface area contributed by atoms with Gasteiger partial charge in [-0.15, -0.1) is 0 Å². The maximum Gasteiger partial charge on any atom is 0.103 e. The third kappa shape index (κ3) is 6.40. The standard InChI is InChI=1S/C25H27ClN2/c1-18(2)11-9-12-19(3)17-27-20(4)25-23(22-13-7-6-8-14-22)15-10-16-24(25)28-21(5)26/h6-16,27H,3-4,17H2,1-2,5H3/b12-9-,28-21?. The molecule has 0 bridgehead atoms. The zero-order valence-corrected chi connectivity index (χ0v) is 17.6. The lowest BCUT2D eigenvalue weighted by molar-refractivity contribution is 0.983. The van der Waals surface area contributed by atoms with Crippen LogP contribution in [0.2, 0.25) is 0 Å². The Morgan fingerprint density at radius 3 is 2.39 bits per heavy atom. The van der Waals surface area contributed by atoms with E-state index in [4.69, 9.17) is 11.6 Å². The van der Waals surface area contributed by atoms with E-state index in [0.29, 0.717) is 11.7 Å². The second kappa shape index (κ2) is 10.5. The topological polar surface area (TPSA) is 24.4 Å². The van der Waals surface area contributed by atoms with Gasteiger partial charge in [-0.3, -0.25) is 0 Å². The van der Waals surface area contributed by atoms with Gasteiger partial charge in [-0.2, -0.15) is 0 Å². The van der Waals surface area contributed by atoms with Crippen LogP contribution in [0, 0.1) is 0 Å². The summed E-state index contributed by atoms with van der Waals surface area (Å²) >= 11 is 6.07. The van der Waals surface area contributed by atoms with Crippen molar-refractivity contribution in [2.45, 2.75) is 20.8 Å². The van der Waals surface area contributed by atoms with Crippen molar-refractivity contribution in [2.24, 2.45) is 4.99 Å². The van der Waals surface area contributed by atoms with Crippen molar-refractivity contribution in [2.75, 3.05) is 6.54 Å². The Hall–Kier alpha value is -2.84. The zero-order chi connectivity index (χ0) is 20.5. The minimum atomic E-state index is 0.480. The van der Waals surface area contributed by atoms with Crippen LogP contribution in [0.5, 0.6) is 0 Å². The van der Waals surface area contributed by atoms with E-state index in [1.54, 1.807) is 6.92 Å². The molecule has 0 aromatic heterocycles. The maximum atomic E-state index is 6.07. The van der Waals surface area contributed by atoms with Crippen LogP contribution in [0.25, 0.3) is 16.8 Å². The van der Waals surface area contributed by atoms with Gasteiger partial charge in [-0.25, -0.2) is 4.99 Å². The molecule has 2 nitrogen and oxygen atoms in total. The maximum absolute atomic E-state index is 6.07. The molecule has 0 atom stereocenters. The molecule has 144 valence electrons. The summed E-state index contributed by atoms with van der Waals surface area (Å²) in [5, 5.41) is 3.86. The van der Waals surface area contributed by atoms with Crippen LogP contribution in [-0.4, -0.2) is 11.7 Å². The third-order valence-corrected chi connectivity index (χ3v) is 4.08. The van der Waals surface area contributed by atoms with E-state index in [-0.39, 0.29) is 0 Å². The van der Waals surface area contributed by atoms with Gasteiger partial charge in [0.1, 0.15) is 5.17 Å². The number of aliphatic imine (C=N–C) groups is 1. The summed E-state index contributed by atoms with van der Waals surface area (Å²) in [6, 6.07) is 16.2. The molecule has 2 aromatic rings. The fourth-order valence-corrected chi connectivity index (χ4v) is 2.81. The molecular weight excluding hydrogens is 364 g/mol. The van der Waals surface area contributed by atoms with E-state index in [2.05, 4.69) is 61.6 Å². The van der Waals surface area contributed by atoms with E-state index >= 15 is 0 Å². The molecule has 1 N–H and O–H groups in total. The van der Waals surface area contributed by atoms with E-state index in [1.807, 2.05) is 42.5 Å². The lowest BCUT2D eigenvalue weighted by atomic mass is 9.96. The number of nitrogens with one attached hydrogen (secondary N) is 1. The first-order valence-electron chi connectivity index (χ1n) is 9.20. The SMILES string of the molecule is C=C(/C=C\C=C(C)C)CNC(=C)c1c(N=C(C)Cl)cccc1-c1ccccc1. The Morgan fingerprint density at radius 2 is 1.75 bits per heavy atom. The number of halogens is 1. The summed E-state index contributed by atoms with van der Waals surface area (Å²) in [7, 11) is 0. The van der Waals surface area contributed by atoms with Crippen LogP contribution in [0.15, 0.2) is 96.1 Å². The van der Waals surface area contributed by atoms with Gasteiger partial charge >= 0.3 is 0 Å². The fourth-order valence-electron chi connectivity index (χ4n) is 2.72. The van der Waals surface area contributed by atoms with E-state index < -0.39 is 0 Å². The lowest BCUT2D eigenvalue weighted by Gasteiger charge is -2.17. The Kier molecular flexibility index (Phi) is 8.03. The molecule has 0 aliphatic heterocycles. The molecule has 3 heteroatoms. The Labute approximate surface area is 173 Å². The number of hydrogen-bond acceptors (Lipinski definition) is 2. The normalized spacial score (nSPS) is 11.4. The van der Waals surface area contributed by atoms with Crippen molar-refractivity contribution >= 4 is 28.2 Å². The second-order valence-electron chi connectivity index (χ2n) is 6.77. The zero-order valence-electron chi connectivity index (χ0n) is 16.8. The molecular formula is C25H27ClN2. The fraction of sp³-hybridized carbons (Fsp3) is 0.160. The molecule has 2 rings (SSSR count). The summed E-state index contributed by atoms with van der Waals surface area (Å²) < 4.78 is 0. The summed E-state index contributed by atoms with van der Waals surface area (Å²) in [6.45, 7) is 14.9. The molecule has 28 heavy (non-hydrogen) atoms. The van der Waals surface area contributed by atoms with E-state index in [0.717, 1.165) is 33.6 Å². The van der Waals surface area contributed by atoms with E-state index in [1.165, 1.54) is 5.57 Å². The molecule has 0 radical (unpaired) electrons. The van der Waals surface area contributed by atoms with Crippen LogP contribution in [0.3, 0.4) is 0 Å². The minimum Gasteiger partial charge on any atom is -0.381 e. The van der Waals surface area contributed by atoms with Crippen molar-refractivity contribution in [3.63, 3.8) is 0 Å². The van der Waals surface area contributed by atoms with Gasteiger partial charge in [0, 0.05) is 17.8 Å². The van der Waals surface area contributed by atoms with Crippen LogP contribution in [0.1, 0.15) is 26.3 Å². The molecule has 0 heterocycles. The molecule has 2 aromatic carbocycles. The summed E-state index contributed by atoms with van der Waals surface area (Å²) in [5.41, 5.74) is 6.89. The van der Waals surface area contributed by atoms with Crippen LogP contribution in [0.4, 0.5) is 5.69 Å². The number of hydrogen-bond donors (Lipinski definition) is 1. The van der Waals surface area contributed by atoms with Crippen LogP contribution >= 0.6 is 11.6 Å². The van der Waals surface area contributed by atoms with Crippen molar-refractivity contribution < 1.29 is 0 Å². The van der Waals surface area contributed by atoms with Crippen molar-refractivity contribution in [1.29, 1.82) is 0 Å². The van der Waals surface area contributed by atoms with Crippen molar-refractivity contribution in [3.8, 4) is 11.1 Å². The molecule has 0 saturated heterocycles. The monoisotopic (exact) mass is 390 g/mol. The Morgan fingerprint density at radius 1 is 1.04 bits per heavy atom. The summed E-state index contributed by atoms with van der Waals surface area (Å²) in [5.74, 6) is 0. The number of allylic oxidation sites excluding steroid dienone is 3. The highest BCUT2D eigenvalue weighted by Crippen LogP contribution is 2.35. The summed E-state index contributed by atoms with van der Waals surface area (Å²) in [6.07, 6.45) is 6.06. The van der Waals surface area contributed by atoms with Gasteiger partial charge in [-0.05, 0) is 43.5 Å². The average Bonchev–Trinajstić information content (AvgIpc) is 2.66. The molecule has 0 spiro atoms. The number of rotatable bonds is 8. The summed E-state index contributed by atoms with van der Waals surface area (Å²) in [4.78, 5) is 4.50. The molecule has 0 saturated carbocycles. The lowest BCUT2D eigenvalue weighted by Crippen LogP contribution is -2.14.